The molecule has 0 spiro atoms. The molecule has 0 radical (unpaired) electrons. The number of benzene rings is 2. The first-order valence-corrected chi connectivity index (χ1v) is 11.2. The van der Waals surface area contributed by atoms with Gasteiger partial charge in [-0.2, -0.15) is 0 Å². The molecule has 0 saturated heterocycles. The van der Waals surface area contributed by atoms with Gasteiger partial charge in [-0.05, 0) is 36.4 Å². The van der Waals surface area contributed by atoms with Gasteiger partial charge in [-0.15, -0.1) is 0 Å². The Kier molecular flexibility index (Phi) is 6.21. The molecule has 2 aromatic carbocycles. The molecule has 5 aromatic rings. The lowest BCUT2D eigenvalue weighted by Crippen LogP contribution is -2.13. The topological polar surface area (TPSA) is 116 Å². The van der Waals surface area contributed by atoms with Crippen molar-refractivity contribution < 1.29 is 9.50 Å². The molecule has 0 saturated carbocycles. The molecule has 8 nitrogen and oxygen atoms in total. The van der Waals surface area contributed by atoms with Crippen LogP contribution in [-0.4, -0.2) is 31.6 Å². The summed E-state index contributed by atoms with van der Waals surface area (Å²) in [6.45, 7) is 0.188. The van der Waals surface area contributed by atoms with Crippen LogP contribution in [0.25, 0.3) is 21.7 Å². The van der Waals surface area contributed by atoms with E-state index >= 15 is 0 Å². The second-order valence-corrected chi connectivity index (χ2v) is 8.50. The summed E-state index contributed by atoms with van der Waals surface area (Å²) in [6.07, 6.45) is 5.18. The Morgan fingerprint density at radius 2 is 1.89 bits per heavy atom. The highest BCUT2D eigenvalue weighted by Crippen LogP contribution is 2.36. The van der Waals surface area contributed by atoms with Crippen molar-refractivity contribution in [2.75, 3.05) is 17.2 Å². The summed E-state index contributed by atoms with van der Waals surface area (Å²) in [5, 5.41) is 18.2. The molecule has 4 N–H and O–H groups in total. The summed E-state index contributed by atoms with van der Waals surface area (Å²) in [5.41, 5.74) is 1.62. The molecule has 0 aliphatic carbocycles. The van der Waals surface area contributed by atoms with Crippen LogP contribution in [0.2, 0.25) is 10.0 Å². The van der Waals surface area contributed by atoms with E-state index in [4.69, 9.17) is 23.2 Å². The first-order chi connectivity index (χ1) is 16.9. The summed E-state index contributed by atoms with van der Waals surface area (Å²) in [4.78, 5) is 28.3. The number of aliphatic hydroxyl groups excluding tert-OH is 1. The van der Waals surface area contributed by atoms with Gasteiger partial charge in [-0.25, -0.2) is 9.37 Å². The van der Waals surface area contributed by atoms with Crippen molar-refractivity contribution in [3.8, 4) is 0 Å². The summed E-state index contributed by atoms with van der Waals surface area (Å²) >= 11 is 12.4. The standard InChI is InChI=1S/C24H17Cl2FN6O2/c25-16-7-12(27)8-17(26)22(16)33-23-14-3-4-30-24(35)21(14)15-9-13(1-2-18(15)32-23)31-11-20(34)19-10-28-5-6-29-19/h1-10,20,31,34H,11H2,(H,30,35)(H,32,33). The highest BCUT2D eigenvalue weighted by atomic mass is 35.5. The number of hydrogen-bond donors (Lipinski definition) is 4. The second-order valence-electron chi connectivity index (χ2n) is 7.68. The average Bonchev–Trinajstić information content (AvgIpc) is 2.85. The van der Waals surface area contributed by atoms with Crippen LogP contribution in [0.15, 0.2) is 66.0 Å². The molecule has 35 heavy (non-hydrogen) atoms. The van der Waals surface area contributed by atoms with Gasteiger partial charge in [0.2, 0.25) is 0 Å². The maximum absolute atomic E-state index is 13.6. The number of aromatic amines is 1. The van der Waals surface area contributed by atoms with Crippen LogP contribution in [0, 0.1) is 5.82 Å². The molecule has 3 heterocycles. The minimum atomic E-state index is -0.866. The average molecular weight is 511 g/mol. The minimum absolute atomic E-state index is 0.0797. The van der Waals surface area contributed by atoms with Gasteiger partial charge < -0.3 is 20.7 Å². The van der Waals surface area contributed by atoms with Crippen molar-refractivity contribution in [2.24, 2.45) is 0 Å². The molecule has 0 aliphatic heterocycles. The summed E-state index contributed by atoms with van der Waals surface area (Å²) in [5.74, 6) is -0.226. The second kappa shape index (κ2) is 9.46. The predicted molar refractivity (Wildman–Crippen MR) is 135 cm³/mol. The van der Waals surface area contributed by atoms with Crippen molar-refractivity contribution in [2.45, 2.75) is 6.10 Å². The number of aliphatic hydroxyl groups is 1. The molecular weight excluding hydrogens is 494 g/mol. The molecule has 0 bridgehead atoms. The number of nitrogens with zero attached hydrogens (tertiary/aromatic N) is 3. The number of halogens is 3. The third-order valence-corrected chi connectivity index (χ3v) is 5.98. The van der Waals surface area contributed by atoms with Gasteiger partial charge in [0.25, 0.3) is 5.56 Å². The van der Waals surface area contributed by atoms with Crippen molar-refractivity contribution in [3.05, 3.63) is 93.1 Å². The van der Waals surface area contributed by atoms with Crippen LogP contribution in [0.3, 0.4) is 0 Å². The van der Waals surface area contributed by atoms with E-state index < -0.39 is 11.9 Å². The van der Waals surface area contributed by atoms with Crippen LogP contribution < -0.4 is 16.2 Å². The lowest BCUT2D eigenvalue weighted by molar-refractivity contribution is 0.186. The number of fused-ring (bicyclic) bond motifs is 3. The van der Waals surface area contributed by atoms with E-state index in [9.17, 15) is 14.3 Å². The predicted octanol–water partition coefficient (Wildman–Crippen LogP) is 5.20. The Morgan fingerprint density at radius 3 is 2.63 bits per heavy atom. The molecule has 5 rings (SSSR count). The summed E-state index contributed by atoms with van der Waals surface area (Å²) in [7, 11) is 0. The third kappa shape index (κ3) is 4.61. The fraction of sp³-hybridized carbons (Fsp3) is 0.0833. The van der Waals surface area contributed by atoms with Crippen LogP contribution in [0.5, 0.6) is 0 Å². The number of aromatic nitrogens is 4. The largest absolute Gasteiger partial charge is 0.385 e. The first-order valence-electron chi connectivity index (χ1n) is 10.5. The van der Waals surface area contributed by atoms with Crippen LogP contribution >= 0.6 is 23.2 Å². The lowest BCUT2D eigenvalue weighted by Gasteiger charge is -2.15. The van der Waals surface area contributed by atoms with Gasteiger partial charge in [0.15, 0.2) is 0 Å². The van der Waals surface area contributed by atoms with E-state index in [0.29, 0.717) is 38.9 Å². The molecule has 176 valence electrons. The Morgan fingerprint density at radius 1 is 1.09 bits per heavy atom. The fourth-order valence-electron chi connectivity index (χ4n) is 3.74. The third-order valence-electron chi connectivity index (χ3n) is 5.39. The van der Waals surface area contributed by atoms with Gasteiger partial charge in [-0.3, -0.25) is 14.8 Å². The number of hydrogen-bond acceptors (Lipinski definition) is 7. The summed E-state index contributed by atoms with van der Waals surface area (Å²) < 4.78 is 13.6. The molecule has 0 fully saturated rings. The van der Waals surface area contributed by atoms with E-state index in [-0.39, 0.29) is 27.8 Å². The Balaban J connectivity index is 1.55. The number of rotatable bonds is 6. The molecule has 0 amide bonds. The lowest BCUT2D eigenvalue weighted by atomic mass is 10.1. The minimum Gasteiger partial charge on any atom is -0.385 e. The Hall–Kier alpha value is -3.79. The van der Waals surface area contributed by atoms with Crippen LogP contribution in [-0.2, 0) is 0 Å². The monoisotopic (exact) mass is 510 g/mol. The SMILES string of the molecule is O=c1[nH]ccc2c(Nc3c(Cl)cc(F)cc3Cl)nc3ccc(NCC(O)c4cnccn4)cc3c12. The highest BCUT2D eigenvalue weighted by Gasteiger charge is 2.16. The molecule has 0 aliphatic rings. The van der Waals surface area contributed by atoms with Gasteiger partial charge in [0, 0.05) is 41.6 Å². The van der Waals surface area contributed by atoms with Gasteiger partial charge in [0.05, 0.1) is 38.5 Å². The highest BCUT2D eigenvalue weighted by molar-refractivity contribution is 6.39. The van der Waals surface area contributed by atoms with Gasteiger partial charge in [-0.1, -0.05) is 23.2 Å². The number of H-pyrrole nitrogens is 1. The maximum atomic E-state index is 13.6. The molecule has 3 aromatic heterocycles. The quantitative estimate of drug-likeness (QED) is 0.232. The Bertz CT molecular complexity index is 1590. The van der Waals surface area contributed by atoms with Crippen molar-refractivity contribution in [1.29, 1.82) is 0 Å². The molecule has 1 unspecified atom stereocenters. The molecule has 11 heteroatoms. The van der Waals surface area contributed by atoms with E-state index in [1.165, 1.54) is 24.8 Å². The summed E-state index contributed by atoms with van der Waals surface area (Å²) in [6, 6.07) is 9.29. The van der Waals surface area contributed by atoms with Gasteiger partial charge in [0.1, 0.15) is 17.7 Å². The van der Waals surface area contributed by atoms with Crippen LogP contribution in [0.4, 0.5) is 21.6 Å². The molecular formula is C24H17Cl2FN6O2. The number of pyridine rings is 2. The normalized spacial score (nSPS) is 12.1. The zero-order chi connectivity index (χ0) is 24.5. The van der Waals surface area contributed by atoms with Crippen LogP contribution in [0.1, 0.15) is 11.8 Å². The van der Waals surface area contributed by atoms with Crippen molar-refractivity contribution in [1.82, 2.24) is 19.9 Å². The smallest absolute Gasteiger partial charge is 0.256 e. The first kappa shape index (κ1) is 23.0. The van der Waals surface area contributed by atoms with Crippen molar-refractivity contribution >= 4 is 62.1 Å². The zero-order valence-corrected chi connectivity index (χ0v) is 19.4. The maximum Gasteiger partial charge on any atom is 0.256 e. The van der Waals surface area contributed by atoms with E-state index in [1.54, 1.807) is 24.3 Å². The van der Waals surface area contributed by atoms with E-state index in [0.717, 1.165) is 12.1 Å². The van der Waals surface area contributed by atoms with E-state index in [2.05, 4.69) is 30.6 Å². The fourth-order valence-corrected chi connectivity index (χ4v) is 4.30. The van der Waals surface area contributed by atoms with Gasteiger partial charge >= 0.3 is 0 Å². The molecule has 1 atom stereocenters. The number of nitrogens with one attached hydrogen (secondary N) is 3. The van der Waals surface area contributed by atoms with Crippen molar-refractivity contribution in [3.63, 3.8) is 0 Å². The zero-order valence-electron chi connectivity index (χ0n) is 17.9. The Labute approximate surface area is 207 Å². The van der Waals surface area contributed by atoms with E-state index in [1.807, 2.05) is 0 Å². The number of anilines is 3.